The van der Waals surface area contributed by atoms with Gasteiger partial charge in [0.05, 0.1) is 5.54 Å². The minimum Gasteiger partial charge on any atom is -0.505 e. The first-order valence-corrected chi connectivity index (χ1v) is 7.43. The zero-order chi connectivity index (χ0) is 14.5. The molecule has 1 aliphatic rings. The molecule has 3 rings (SSSR count). The Labute approximate surface area is 119 Å². The highest BCUT2D eigenvalue weighted by Crippen LogP contribution is 2.44. The molecule has 5 heteroatoms. The van der Waals surface area contributed by atoms with E-state index in [1.54, 1.807) is 19.9 Å². The Morgan fingerprint density at radius 1 is 1.20 bits per heavy atom. The molecule has 0 atom stereocenters. The molecule has 0 saturated heterocycles. The zero-order valence-corrected chi connectivity index (χ0v) is 12.1. The molecule has 0 bridgehead atoms. The second kappa shape index (κ2) is 4.24. The smallest absolute Gasteiger partial charge is 0.225 e. The van der Waals surface area contributed by atoms with Crippen molar-refractivity contribution < 1.29 is 13.5 Å². The second-order valence-electron chi connectivity index (χ2n) is 5.42. The van der Waals surface area contributed by atoms with Crippen molar-refractivity contribution in [2.24, 2.45) is 0 Å². The third-order valence-corrected chi connectivity index (χ3v) is 4.66. The fourth-order valence-electron chi connectivity index (χ4n) is 2.63. The van der Waals surface area contributed by atoms with E-state index in [-0.39, 0.29) is 5.75 Å². The van der Waals surface area contributed by atoms with E-state index in [1.165, 1.54) is 4.31 Å². The van der Waals surface area contributed by atoms with Crippen LogP contribution in [0.2, 0.25) is 0 Å². The lowest BCUT2D eigenvalue weighted by molar-refractivity contribution is 0.477. The van der Waals surface area contributed by atoms with Crippen LogP contribution in [0.15, 0.2) is 36.4 Å². The highest BCUT2D eigenvalue weighted by atomic mass is 32.2. The number of anilines is 1. The number of fused-ring (bicyclic) bond motifs is 2. The van der Waals surface area contributed by atoms with Crippen LogP contribution < -0.4 is 4.31 Å². The van der Waals surface area contributed by atoms with Crippen molar-refractivity contribution in [3.63, 3.8) is 0 Å². The van der Waals surface area contributed by atoms with E-state index in [4.69, 9.17) is 0 Å². The molecular weight excluding hydrogens is 274 g/mol. The van der Waals surface area contributed by atoms with Crippen molar-refractivity contribution in [3.05, 3.63) is 42.0 Å². The zero-order valence-electron chi connectivity index (χ0n) is 11.2. The van der Waals surface area contributed by atoms with Crippen LogP contribution in [0.1, 0.15) is 19.4 Å². The maximum Gasteiger partial charge on any atom is 0.225 e. The molecule has 0 fully saturated rings. The Balaban J connectivity index is 2.42. The number of nitrogens with zero attached hydrogens (tertiary/aromatic N) is 1. The fourth-order valence-corrected chi connectivity index (χ4v) is 3.49. The highest BCUT2D eigenvalue weighted by molar-refractivity contribution is 7.74. The van der Waals surface area contributed by atoms with Crippen molar-refractivity contribution in [1.29, 1.82) is 0 Å². The maximum absolute atomic E-state index is 11.6. The summed E-state index contributed by atoms with van der Waals surface area (Å²) in [6, 6.07) is 9.27. The Bertz CT molecular complexity index is 798. The second-order valence-corrected chi connectivity index (χ2v) is 6.30. The number of hydrogen-bond acceptors (Lipinski definition) is 3. The van der Waals surface area contributed by atoms with Crippen molar-refractivity contribution >= 4 is 33.4 Å². The lowest BCUT2D eigenvalue weighted by Crippen LogP contribution is -2.43. The number of aromatic hydroxyl groups is 1. The van der Waals surface area contributed by atoms with Crippen LogP contribution in [0, 0.1) is 0 Å². The molecule has 2 aromatic rings. The fraction of sp³-hybridized carbons (Fsp3) is 0.200. The summed E-state index contributed by atoms with van der Waals surface area (Å²) in [6.07, 6.45) is 3.69. The molecule has 1 N–H and O–H groups in total. The molecule has 104 valence electrons. The van der Waals surface area contributed by atoms with E-state index in [2.05, 4.69) is 0 Å². The van der Waals surface area contributed by atoms with Crippen molar-refractivity contribution in [2.75, 3.05) is 4.31 Å². The number of thiol groups is 1. The van der Waals surface area contributed by atoms with E-state index >= 15 is 0 Å². The van der Waals surface area contributed by atoms with Gasteiger partial charge in [-0.25, -0.2) is 8.42 Å². The predicted molar refractivity (Wildman–Crippen MR) is 81.5 cm³/mol. The van der Waals surface area contributed by atoms with E-state index in [9.17, 15) is 13.5 Å². The van der Waals surface area contributed by atoms with E-state index in [0.29, 0.717) is 16.6 Å². The van der Waals surface area contributed by atoms with Gasteiger partial charge < -0.3 is 5.11 Å². The average molecular weight is 289 g/mol. The predicted octanol–water partition coefficient (Wildman–Crippen LogP) is 2.68. The van der Waals surface area contributed by atoms with Crippen LogP contribution in [0.4, 0.5) is 5.69 Å². The van der Waals surface area contributed by atoms with Crippen molar-refractivity contribution in [1.82, 2.24) is 0 Å². The van der Waals surface area contributed by atoms with Gasteiger partial charge in [0.2, 0.25) is 10.9 Å². The van der Waals surface area contributed by atoms with Gasteiger partial charge >= 0.3 is 0 Å². The first-order valence-electron chi connectivity index (χ1n) is 6.30. The van der Waals surface area contributed by atoms with Crippen LogP contribution in [-0.4, -0.2) is 19.1 Å². The summed E-state index contributed by atoms with van der Waals surface area (Å²) in [5.74, 6) is 0.00900. The molecule has 20 heavy (non-hydrogen) atoms. The maximum atomic E-state index is 11.6. The van der Waals surface area contributed by atoms with Gasteiger partial charge in [0.25, 0.3) is 0 Å². The quantitative estimate of drug-likeness (QED) is 0.794. The molecule has 0 aliphatic carbocycles. The monoisotopic (exact) mass is 289 g/mol. The molecule has 4 nitrogen and oxygen atoms in total. The molecule has 0 spiro atoms. The number of hydrogen-bond donors (Lipinski definition) is 2. The normalized spacial score (nSPS) is 16.6. The van der Waals surface area contributed by atoms with Crippen LogP contribution in [0.25, 0.3) is 16.8 Å². The minimum absolute atomic E-state index is 0.00900. The van der Waals surface area contributed by atoms with E-state index in [0.717, 1.165) is 5.39 Å². The molecule has 2 aromatic carbocycles. The molecule has 0 radical (unpaired) electrons. The van der Waals surface area contributed by atoms with Crippen LogP contribution in [0.5, 0.6) is 5.75 Å². The first-order chi connectivity index (χ1) is 9.42. The molecule has 1 aliphatic heterocycles. The van der Waals surface area contributed by atoms with Gasteiger partial charge in [-0.3, -0.25) is 4.31 Å². The highest BCUT2D eigenvalue weighted by Gasteiger charge is 2.34. The summed E-state index contributed by atoms with van der Waals surface area (Å²) in [5.41, 5.74) is 0.370. The SMILES string of the molecule is CC1(C)C=Cc2cc3ccccc3c(O)c2N1[SH](=O)=O. The van der Waals surface area contributed by atoms with Gasteiger partial charge in [-0.1, -0.05) is 36.4 Å². The Kier molecular flexibility index (Phi) is 2.76. The van der Waals surface area contributed by atoms with E-state index < -0.39 is 16.4 Å². The summed E-state index contributed by atoms with van der Waals surface area (Å²) >= 11 is 0. The molecule has 0 amide bonds. The number of phenols is 1. The molecular formula is C15H15NO3S. The van der Waals surface area contributed by atoms with Crippen LogP contribution >= 0.6 is 0 Å². The van der Waals surface area contributed by atoms with E-state index in [1.807, 2.05) is 36.4 Å². The summed E-state index contributed by atoms with van der Waals surface area (Å²) in [7, 11) is -2.84. The van der Waals surface area contributed by atoms with Crippen molar-refractivity contribution in [2.45, 2.75) is 19.4 Å². The molecule has 0 aromatic heterocycles. The van der Waals surface area contributed by atoms with Crippen molar-refractivity contribution in [3.8, 4) is 5.75 Å². The Hall–Kier alpha value is -2.01. The largest absolute Gasteiger partial charge is 0.505 e. The molecule has 0 unspecified atom stereocenters. The number of benzene rings is 2. The summed E-state index contributed by atoms with van der Waals surface area (Å²) in [6.45, 7) is 3.60. The number of phenolic OH excluding ortho intramolecular Hbond substituents is 1. The standard InChI is InChI=1S/C15H15NO3S/c1-15(2)8-7-11-9-10-5-3-4-6-12(10)14(17)13(11)16(15)20(18)19/h3-9,17,20H,1-2H3. The third-order valence-electron chi connectivity index (χ3n) is 3.62. The number of rotatable bonds is 1. The van der Waals surface area contributed by atoms with Gasteiger partial charge in [-0.05, 0) is 25.3 Å². The lowest BCUT2D eigenvalue weighted by Gasteiger charge is -2.37. The van der Waals surface area contributed by atoms with Gasteiger partial charge in [-0.2, -0.15) is 0 Å². The first kappa shape index (κ1) is 13.0. The van der Waals surface area contributed by atoms with Crippen LogP contribution in [-0.2, 0) is 10.9 Å². The van der Waals surface area contributed by atoms with Crippen LogP contribution in [0.3, 0.4) is 0 Å². The Morgan fingerprint density at radius 3 is 2.60 bits per heavy atom. The molecule has 0 saturated carbocycles. The average Bonchev–Trinajstić information content (AvgIpc) is 2.39. The summed E-state index contributed by atoms with van der Waals surface area (Å²) < 4.78 is 24.5. The Morgan fingerprint density at radius 2 is 1.90 bits per heavy atom. The summed E-state index contributed by atoms with van der Waals surface area (Å²) in [4.78, 5) is 0. The van der Waals surface area contributed by atoms with Gasteiger partial charge in [0.1, 0.15) is 11.4 Å². The third kappa shape index (κ3) is 1.78. The topological polar surface area (TPSA) is 57.6 Å². The minimum atomic E-state index is -2.84. The summed E-state index contributed by atoms with van der Waals surface area (Å²) in [5, 5.41) is 12.0. The molecule has 1 heterocycles. The van der Waals surface area contributed by atoms with Gasteiger partial charge in [-0.15, -0.1) is 0 Å². The van der Waals surface area contributed by atoms with Gasteiger partial charge in [0.15, 0.2) is 0 Å². The van der Waals surface area contributed by atoms with Gasteiger partial charge in [0, 0.05) is 10.9 Å². The lowest BCUT2D eigenvalue weighted by atomic mass is 9.94.